The average Bonchev–Trinajstić information content (AvgIpc) is 2.91. The monoisotopic (exact) mass is 328 g/mol. The minimum Gasteiger partial charge on any atom is -0.476 e. The van der Waals surface area contributed by atoms with Gasteiger partial charge in [0.1, 0.15) is 5.65 Å². The summed E-state index contributed by atoms with van der Waals surface area (Å²) in [6.45, 7) is 3.49. The molecular formula is C13H17N2O6P. The van der Waals surface area contributed by atoms with Gasteiger partial charge in [0.25, 0.3) is 0 Å². The van der Waals surface area contributed by atoms with Crippen molar-refractivity contribution in [2.45, 2.75) is 19.7 Å². The zero-order chi connectivity index (χ0) is 16.3. The number of carboxylic acid groups (broad SMARTS) is 1. The van der Waals surface area contributed by atoms with Crippen molar-refractivity contribution in [1.82, 2.24) is 9.38 Å². The first-order valence-corrected chi connectivity index (χ1v) is 8.32. The van der Waals surface area contributed by atoms with E-state index in [1.807, 2.05) is 0 Å². The molecule has 0 aromatic carbocycles. The second-order valence-electron chi connectivity index (χ2n) is 4.36. The van der Waals surface area contributed by atoms with Crippen LogP contribution in [0.25, 0.3) is 5.65 Å². The van der Waals surface area contributed by atoms with Crippen LogP contribution in [-0.4, -0.2) is 38.8 Å². The third kappa shape index (κ3) is 3.05. The summed E-state index contributed by atoms with van der Waals surface area (Å²) in [6.07, 6.45) is 1.25. The molecule has 9 heteroatoms. The van der Waals surface area contributed by atoms with E-state index in [0.29, 0.717) is 5.65 Å². The Morgan fingerprint density at radius 1 is 1.36 bits per heavy atom. The largest absolute Gasteiger partial charge is 0.476 e. The molecule has 0 aliphatic rings. The van der Waals surface area contributed by atoms with E-state index in [2.05, 4.69) is 4.98 Å². The van der Waals surface area contributed by atoms with Crippen LogP contribution in [-0.2, 0) is 13.6 Å². The first-order valence-electron chi connectivity index (χ1n) is 6.71. The van der Waals surface area contributed by atoms with Crippen LogP contribution < -0.4 is 0 Å². The number of carbonyl (C=O) groups is 1. The summed E-state index contributed by atoms with van der Waals surface area (Å²) in [4.78, 5) is 14.9. The van der Waals surface area contributed by atoms with Crippen molar-refractivity contribution >= 4 is 19.2 Å². The molecular weight excluding hydrogens is 311 g/mol. The lowest BCUT2D eigenvalue weighted by Gasteiger charge is -2.23. The fraction of sp³-hybridized carbons (Fsp3) is 0.385. The number of aliphatic hydroxyl groups excluding tert-OH is 1. The summed E-state index contributed by atoms with van der Waals surface area (Å²) in [6, 6.07) is 4.67. The van der Waals surface area contributed by atoms with E-state index in [1.165, 1.54) is 16.7 Å². The number of imidazole rings is 1. The molecule has 2 heterocycles. The lowest BCUT2D eigenvalue weighted by atomic mass is 10.3. The van der Waals surface area contributed by atoms with Crippen LogP contribution in [0.1, 0.15) is 35.9 Å². The van der Waals surface area contributed by atoms with Gasteiger partial charge in [-0.25, -0.2) is 9.78 Å². The molecule has 22 heavy (non-hydrogen) atoms. The smallest absolute Gasteiger partial charge is 0.364 e. The third-order valence-electron chi connectivity index (χ3n) is 2.92. The van der Waals surface area contributed by atoms with Crippen LogP contribution in [0.3, 0.4) is 0 Å². The van der Waals surface area contributed by atoms with E-state index in [4.69, 9.17) is 14.2 Å². The highest BCUT2D eigenvalue weighted by Crippen LogP contribution is 2.59. The number of carboxylic acids is 1. The Bertz CT molecular complexity index is 718. The molecule has 0 bridgehead atoms. The maximum absolute atomic E-state index is 12.7. The maximum atomic E-state index is 12.7. The molecule has 2 N–H and O–H groups in total. The topological polar surface area (TPSA) is 110 Å². The Kier molecular flexibility index (Phi) is 4.97. The van der Waals surface area contributed by atoms with Gasteiger partial charge in [-0.3, -0.25) is 8.97 Å². The normalized spacial score (nSPS) is 13.4. The van der Waals surface area contributed by atoms with Gasteiger partial charge >= 0.3 is 13.6 Å². The van der Waals surface area contributed by atoms with Crippen molar-refractivity contribution < 1.29 is 28.6 Å². The Labute approximate surface area is 126 Å². The molecule has 0 saturated carbocycles. The zero-order valence-electron chi connectivity index (χ0n) is 12.2. The van der Waals surface area contributed by atoms with Gasteiger partial charge in [-0.15, -0.1) is 0 Å². The second kappa shape index (κ2) is 6.58. The van der Waals surface area contributed by atoms with E-state index in [9.17, 15) is 14.5 Å². The number of fused-ring (bicyclic) bond motifs is 1. The molecule has 2 aromatic heterocycles. The molecule has 0 saturated heterocycles. The Balaban J connectivity index is 2.53. The highest BCUT2D eigenvalue weighted by Gasteiger charge is 2.37. The molecule has 1 unspecified atom stereocenters. The summed E-state index contributed by atoms with van der Waals surface area (Å²) in [7, 11) is -3.79. The fourth-order valence-corrected chi connectivity index (χ4v) is 3.66. The summed E-state index contributed by atoms with van der Waals surface area (Å²) in [5, 5.41) is 19.4. The van der Waals surface area contributed by atoms with Crippen molar-refractivity contribution in [2.75, 3.05) is 13.2 Å². The van der Waals surface area contributed by atoms with Gasteiger partial charge in [0.05, 0.1) is 18.9 Å². The van der Waals surface area contributed by atoms with Gasteiger partial charge in [-0.2, -0.15) is 0 Å². The van der Waals surface area contributed by atoms with Crippen molar-refractivity contribution in [1.29, 1.82) is 0 Å². The number of aromatic nitrogens is 2. The fourth-order valence-electron chi connectivity index (χ4n) is 2.05. The molecule has 0 aliphatic carbocycles. The number of aromatic carboxylic acids is 1. The Morgan fingerprint density at radius 2 is 2.00 bits per heavy atom. The van der Waals surface area contributed by atoms with Crippen molar-refractivity contribution in [3.63, 3.8) is 0 Å². The average molecular weight is 328 g/mol. The first-order chi connectivity index (χ1) is 10.4. The highest BCUT2D eigenvalue weighted by atomic mass is 31.2. The molecule has 2 aromatic rings. The Hall–Kier alpha value is -1.73. The number of aliphatic hydroxyl groups is 1. The van der Waals surface area contributed by atoms with Crippen molar-refractivity contribution in [3.8, 4) is 0 Å². The molecule has 0 spiro atoms. The minimum atomic E-state index is -3.79. The standard InChI is InChI=1S/C13H17N2O6P/c1-3-20-22(19,21-4-2)13(18)10-6-5-7-11-14-9(12(16)17)8-15(10)11/h5-8,13,18H,3-4H2,1-2H3,(H,16,17). The van der Waals surface area contributed by atoms with E-state index in [1.54, 1.807) is 26.0 Å². The van der Waals surface area contributed by atoms with E-state index in [0.717, 1.165) is 0 Å². The molecule has 0 amide bonds. The number of rotatable bonds is 7. The molecule has 1 atom stereocenters. The van der Waals surface area contributed by atoms with Gasteiger partial charge in [0, 0.05) is 6.20 Å². The van der Waals surface area contributed by atoms with Crippen molar-refractivity contribution in [3.05, 3.63) is 35.8 Å². The maximum Gasteiger partial charge on any atom is 0.364 e. The Morgan fingerprint density at radius 3 is 2.55 bits per heavy atom. The highest BCUT2D eigenvalue weighted by molar-refractivity contribution is 7.54. The summed E-state index contributed by atoms with van der Waals surface area (Å²) < 4.78 is 24.3. The SMILES string of the molecule is CCOP(=O)(OCC)C(O)c1cccc2nc(C(=O)O)cn12. The molecule has 8 nitrogen and oxygen atoms in total. The van der Waals surface area contributed by atoms with Gasteiger partial charge in [-0.1, -0.05) is 6.07 Å². The lowest BCUT2D eigenvalue weighted by Crippen LogP contribution is -2.09. The minimum absolute atomic E-state index is 0.106. The van der Waals surface area contributed by atoms with Gasteiger partial charge in [-0.05, 0) is 26.0 Å². The van der Waals surface area contributed by atoms with Crippen LogP contribution in [0, 0.1) is 0 Å². The summed E-state index contributed by atoms with van der Waals surface area (Å²) >= 11 is 0. The number of hydrogen-bond acceptors (Lipinski definition) is 6. The van der Waals surface area contributed by atoms with E-state index >= 15 is 0 Å². The van der Waals surface area contributed by atoms with Gasteiger partial charge < -0.3 is 19.3 Å². The first kappa shape index (κ1) is 16.6. The number of pyridine rings is 1. The number of nitrogens with zero attached hydrogens (tertiary/aromatic N) is 2. The van der Waals surface area contributed by atoms with Crippen LogP contribution in [0.4, 0.5) is 0 Å². The molecule has 0 fully saturated rings. The van der Waals surface area contributed by atoms with Crippen LogP contribution >= 0.6 is 7.60 Å². The summed E-state index contributed by atoms with van der Waals surface area (Å²) in [5.41, 5.74) is 0.318. The second-order valence-corrected chi connectivity index (χ2v) is 6.44. The van der Waals surface area contributed by atoms with Gasteiger partial charge in [0.2, 0.25) is 0 Å². The van der Waals surface area contributed by atoms with Gasteiger partial charge in [0.15, 0.2) is 11.5 Å². The molecule has 2 rings (SSSR count). The van der Waals surface area contributed by atoms with Crippen molar-refractivity contribution in [2.24, 2.45) is 0 Å². The third-order valence-corrected chi connectivity index (χ3v) is 5.02. The van der Waals surface area contributed by atoms with Crippen LogP contribution in [0.2, 0.25) is 0 Å². The number of hydrogen-bond donors (Lipinski definition) is 2. The van der Waals surface area contributed by atoms with E-state index < -0.39 is 19.4 Å². The zero-order valence-corrected chi connectivity index (χ0v) is 13.1. The predicted octanol–water partition coefficient (Wildman–Crippen LogP) is 2.29. The van der Waals surface area contributed by atoms with Crippen LogP contribution in [0.15, 0.2) is 24.4 Å². The lowest BCUT2D eigenvalue weighted by molar-refractivity contribution is 0.0691. The molecule has 120 valence electrons. The van der Waals surface area contributed by atoms with E-state index in [-0.39, 0.29) is 24.6 Å². The molecule has 0 aliphatic heterocycles. The predicted molar refractivity (Wildman–Crippen MR) is 78.0 cm³/mol. The summed E-state index contributed by atoms with van der Waals surface area (Å²) in [5.74, 6) is -2.74. The molecule has 0 radical (unpaired) electrons. The van der Waals surface area contributed by atoms with Crippen LogP contribution in [0.5, 0.6) is 0 Å². The quantitative estimate of drug-likeness (QED) is 0.750.